The second-order valence-electron chi connectivity index (χ2n) is 5.60. The van der Waals surface area contributed by atoms with E-state index in [2.05, 4.69) is 10.6 Å². The molecule has 2 heterocycles. The van der Waals surface area contributed by atoms with Crippen LogP contribution in [0.4, 0.5) is 4.79 Å². The van der Waals surface area contributed by atoms with E-state index in [4.69, 9.17) is 0 Å². The topological polar surface area (TPSA) is 109 Å². The molecule has 0 aromatic rings. The molecule has 2 atom stereocenters. The van der Waals surface area contributed by atoms with Gasteiger partial charge in [-0.2, -0.15) is 0 Å². The van der Waals surface area contributed by atoms with Gasteiger partial charge in [0.05, 0.1) is 28.6 Å². The molecule has 9 heteroatoms. The molecule has 110 valence electrons. The van der Waals surface area contributed by atoms with Gasteiger partial charge in [0.1, 0.15) is 0 Å². The smallest absolute Gasteiger partial charge is 0.315 e. The van der Waals surface area contributed by atoms with Gasteiger partial charge in [-0.15, -0.1) is 0 Å². The fourth-order valence-electron chi connectivity index (χ4n) is 2.51. The molecule has 0 bridgehead atoms. The standard InChI is InChI=1S/C10H18N2O5S2/c1-10(3-5-19(16,17)7-10)12-9(13)11-8-2-4-18(14,15)6-8/h8H,2-7H2,1H3,(H2,11,12,13)/t8-,10+/m0/s1. The fraction of sp³-hybridized carbons (Fsp3) is 0.900. The number of hydrogen-bond acceptors (Lipinski definition) is 5. The van der Waals surface area contributed by atoms with Crippen LogP contribution in [0.1, 0.15) is 19.8 Å². The molecule has 2 N–H and O–H groups in total. The molecule has 19 heavy (non-hydrogen) atoms. The summed E-state index contributed by atoms with van der Waals surface area (Å²) in [5, 5.41) is 5.23. The third kappa shape index (κ3) is 3.82. The van der Waals surface area contributed by atoms with Crippen molar-refractivity contribution < 1.29 is 21.6 Å². The van der Waals surface area contributed by atoms with E-state index in [1.54, 1.807) is 6.92 Å². The van der Waals surface area contributed by atoms with Crippen LogP contribution in [-0.4, -0.2) is 57.5 Å². The van der Waals surface area contributed by atoms with Crippen molar-refractivity contribution in [3.63, 3.8) is 0 Å². The van der Waals surface area contributed by atoms with E-state index in [0.717, 1.165) is 0 Å². The van der Waals surface area contributed by atoms with E-state index in [1.807, 2.05) is 0 Å². The molecule has 0 saturated carbocycles. The van der Waals surface area contributed by atoms with Gasteiger partial charge in [0.25, 0.3) is 0 Å². The van der Waals surface area contributed by atoms with Crippen molar-refractivity contribution in [3.05, 3.63) is 0 Å². The number of sulfone groups is 2. The lowest BCUT2D eigenvalue weighted by atomic mass is 10.0. The van der Waals surface area contributed by atoms with Crippen molar-refractivity contribution in [3.8, 4) is 0 Å². The second kappa shape index (κ2) is 4.62. The molecule has 0 unspecified atom stereocenters. The Balaban J connectivity index is 1.89. The Morgan fingerprint density at radius 3 is 2.32 bits per heavy atom. The maximum absolute atomic E-state index is 11.8. The average molecular weight is 310 g/mol. The molecule has 7 nitrogen and oxygen atoms in total. The Morgan fingerprint density at radius 2 is 1.84 bits per heavy atom. The lowest BCUT2D eigenvalue weighted by molar-refractivity contribution is 0.227. The summed E-state index contributed by atoms with van der Waals surface area (Å²) >= 11 is 0. The number of urea groups is 1. The van der Waals surface area contributed by atoms with Gasteiger partial charge < -0.3 is 10.6 Å². The summed E-state index contributed by atoms with van der Waals surface area (Å²) in [5.74, 6) is 0.0387. The fourth-order valence-corrected chi connectivity index (χ4v) is 6.28. The summed E-state index contributed by atoms with van der Waals surface area (Å²) in [4.78, 5) is 11.8. The highest BCUT2D eigenvalue weighted by molar-refractivity contribution is 7.92. The van der Waals surface area contributed by atoms with Crippen LogP contribution in [0.25, 0.3) is 0 Å². The molecule has 2 rings (SSSR count). The summed E-state index contributed by atoms with van der Waals surface area (Å²) in [7, 11) is -6.12. The molecule has 2 saturated heterocycles. The summed E-state index contributed by atoms with van der Waals surface area (Å²) in [5.41, 5.74) is -0.763. The van der Waals surface area contributed by atoms with Gasteiger partial charge in [-0.3, -0.25) is 0 Å². The van der Waals surface area contributed by atoms with Crippen LogP contribution < -0.4 is 10.6 Å². The van der Waals surface area contributed by atoms with Gasteiger partial charge in [0.2, 0.25) is 0 Å². The second-order valence-corrected chi connectivity index (χ2v) is 10.0. The minimum Gasteiger partial charge on any atom is -0.334 e. The lowest BCUT2D eigenvalue weighted by Gasteiger charge is -2.25. The summed E-state index contributed by atoms with van der Waals surface area (Å²) in [6.07, 6.45) is 0.788. The molecule has 2 fully saturated rings. The highest BCUT2D eigenvalue weighted by Gasteiger charge is 2.40. The third-order valence-corrected chi connectivity index (χ3v) is 7.16. The van der Waals surface area contributed by atoms with E-state index in [-0.39, 0.29) is 29.1 Å². The Bertz CT molecular complexity index is 583. The molecule has 2 amide bonds. The zero-order chi connectivity index (χ0) is 14.3. The summed E-state index contributed by atoms with van der Waals surface area (Å²) < 4.78 is 45.3. The lowest BCUT2D eigenvalue weighted by Crippen LogP contribution is -2.53. The zero-order valence-electron chi connectivity index (χ0n) is 10.7. The van der Waals surface area contributed by atoms with Gasteiger partial charge in [-0.05, 0) is 19.8 Å². The Kier molecular flexibility index (Phi) is 3.54. The molecular weight excluding hydrogens is 292 g/mol. The summed E-state index contributed by atoms with van der Waals surface area (Å²) in [6.45, 7) is 1.68. The summed E-state index contributed by atoms with van der Waals surface area (Å²) in [6, 6.07) is -0.881. The van der Waals surface area contributed by atoms with Gasteiger partial charge in [-0.25, -0.2) is 21.6 Å². The minimum atomic E-state index is -3.08. The van der Waals surface area contributed by atoms with Gasteiger partial charge in [0.15, 0.2) is 19.7 Å². The van der Waals surface area contributed by atoms with Crippen molar-refractivity contribution in [1.82, 2.24) is 10.6 Å². The first kappa shape index (κ1) is 14.6. The molecule has 0 aliphatic carbocycles. The highest BCUT2D eigenvalue weighted by Crippen LogP contribution is 2.22. The van der Waals surface area contributed by atoms with Crippen LogP contribution in [-0.2, 0) is 19.7 Å². The normalized spacial score (nSPS) is 35.9. The highest BCUT2D eigenvalue weighted by atomic mass is 32.2. The van der Waals surface area contributed by atoms with E-state index < -0.39 is 31.2 Å². The Morgan fingerprint density at radius 1 is 1.16 bits per heavy atom. The van der Waals surface area contributed by atoms with Crippen molar-refractivity contribution in [1.29, 1.82) is 0 Å². The van der Waals surface area contributed by atoms with Crippen molar-refractivity contribution >= 4 is 25.7 Å². The van der Waals surface area contributed by atoms with Crippen molar-refractivity contribution in [2.45, 2.75) is 31.3 Å². The van der Waals surface area contributed by atoms with Crippen LogP contribution in [0.5, 0.6) is 0 Å². The van der Waals surface area contributed by atoms with Crippen LogP contribution in [0.15, 0.2) is 0 Å². The number of carbonyl (C=O) groups excluding carboxylic acids is 1. The quantitative estimate of drug-likeness (QED) is 0.683. The number of nitrogens with one attached hydrogen (secondary N) is 2. The first-order valence-electron chi connectivity index (χ1n) is 6.09. The molecule has 2 aliphatic heterocycles. The Labute approximate surface area is 113 Å². The van der Waals surface area contributed by atoms with E-state index >= 15 is 0 Å². The minimum absolute atomic E-state index is 0.0462. The number of amides is 2. The van der Waals surface area contributed by atoms with Crippen LogP contribution in [0.2, 0.25) is 0 Å². The number of carbonyl (C=O) groups is 1. The van der Waals surface area contributed by atoms with E-state index in [1.165, 1.54) is 0 Å². The first-order valence-corrected chi connectivity index (χ1v) is 9.73. The number of rotatable bonds is 2. The van der Waals surface area contributed by atoms with E-state index in [0.29, 0.717) is 12.8 Å². The Hall–Kier alpha value is -0.830. The van der Waals surface area contributed by atoms with Crippen molar-refractivity contribution in [2.75, 3.05) is 23.0 Å². The molecule has 0 radical (unpaired) electrons. The predicted molar refractivity (Wildman–Crippen MR) is 70.4 cm³/mol. The maximum Gasteiger partial charge on any atom is 0.315 e. The average Bonchev–Trinajstić information content (AvgIpc) is 2.66. The van der Waals surface area contributed by atoms with Crippen LogP contribution in [0, 0.1) is 0 Å². The van der Waals surface area contributed by atoms with Gasteiger partial charge in [0, 0.05) is 6.04 Å². The SMILES string of the molecule is C[C@@]1(NC(=O)N[C@H]2CCS(=O)(=O)C2)CCS(=O)(=O)C1. The molecule has 0 aromatic carbocycles. The monoisotopic (exact) mass is 310 g/mol. The predicted octanol–water partition coefficient (Wildman–Crippen LogP) is -0.950. The molecular formula is C10H18N2O5S2. The number of hydrogen-bond donors (Lipinski definition) is 2. The van der Waals surface area contributed by atoms with Crippen molar-refractivity contribution in [2.24, 2.45) is 0 Å². The zero-order valence-corrected chi connectivity index (χ0v) is 12.3. The maximum atomic E-state index is 11.8. The largest absolute Gasteiger partial charge is 0.334 e. The van der Waals surface area contributed by atoms with Crippen LogP contribution >= 0.6 is 0 Å². The first-order chi connectivity index (χ1) is 8.59. The molecule has 2 aliphatic rings. The van der Waals surface area contributed by atoms with E-state index in [9.17, 15) is 21.6 Å². The van der Waals surface area contributed by atoms with Crippen LogP contribution in [0.3, 0.4) is 0 Å². The van der Waals surface area contributed by atoms with Gasteiger partial charge >= 0.3 is 6.03 Å². The third-order valence-electron chi connectivity index (χ3n) is 3.49. The molecule has 0 spiro atoms. The molecule has 0 aromatic heterocycles. The van der Waals surface area contributed by atoms with Gasteiger partial charge in [-0.1, -0.05) is 0 Å².